The lowest BCUT2D eigenvalue weighted by Gasteiger charge is -2.19. The van der Waals surface area contributed by atoms with E-state index in [1.54, 1.807) is 0 Å². The zero-order valence-corrected chi connectivity index (χ0v) is 11.7. The average molecular weight is 331 g/mol. The molecule has 10 heteroatoms. The molecule has 0 amide bonds. The van der Waals surface area contributed by atoms with Crippen molar-refractivity contribution in [2.24, 2.45) is 0 Å². The summed E-state index contributed by atoms with van der Waals surface area (Å²) in [6, 6.07) is 2.34. The highest BCUT2D eigenvalue weighted by Crippen LogP contribution is 2.32. The molecule has 0 heterocycles. The molecular formula is C11H13F4NO4S. The number of benzene rings is 1. The molecule has 1 aromatic rings. The number of hydrogen-bond donors (Lipinski definition) is 1. The summed E-state index contributed by atoms with van der Waals surface area (Å²) in [5.74, 6) is -2.49. The molecule has 0 radical (unpaired) electrons. The van der Waals surface area contributed by atoms with E-state index in [4.69, 9.17) is 5.11 Å². The zero-order chi connectivity index (χ0) is 16.3. The second kappa shape index (κ2) is 6.58. The Morgan fingerprint density at radius 2 is 1.95 bits per heavy atom. The predicted molar refractivity (Wildman–Crippen MR) is 64.6 cm³/mol. The Morgan fingerprint density at radius 3 is 2.48 bits per heavy atom. The van der Waals surface area contributed by atoms with Crippen molar-refractivity contribution < 1.29 is 35.8 Å². The van der Waals surface area contributed by atoms with Crippen LogP contribution in [-0.4, -0.2) is 44.4 Å². The Hall–Kier alpha value is -1.39. The number of ether oxygens (including phenoxy) is 1. The van der Waals surface area contributed by atoms with Crippen LogP contribution in [0.1, 0.15) is 6.42 Å². The molecule has 0 saturated heterocycles. The van der Waals surface area contributed by atoms with Crippen LogP contribution in [0.25, 0.3) is 0 Å². The summed E-state index contributed by atoms with van der Waals surface area (Å²) in [7, 11) is -3.46. The van der Waals surface area contributed by atoms with E-state index in [1.807, 2.05) is 0 Å². The SMILES string of the molecule is CN(CCCO)S(=O)(=O)c1c(F)cccc1OC(F)(F)F. The lowest BCUT2D eigenvalue weighted by atomic mass is 10.3. The molecule has 0 saturated carbocycles. The number of halogens is 4. The molecule has 1 aromatic carbocycles. The highest BCUT2D eigenvalue weighted by atomic mass is 32.2. The topological polar surface area (TPSA) is 66.8 Å². The van der Waals surface area contributed by atoms with Crippen molar-refractivity contribution in [3.63, 3.8) is 0 Å². The number of alkyl halides is 3. The van der Waals surface area contributed by atoms with Crippen LogP contribution in [0.5, 0.6) is 5.75 Å². The van der Waals surface area contributed by atoms with Crippen molar-refractivity contribution in [2.45, 2.75) is 17.7 Å². The van der Waals surface area contributed by atoms with E-state index in [1.165, 1.54) is 0 Å². The van der Waals surface area contributed by atoms with Gasteiger partial charge in [-0.15, -0.1) is 13.2 Å². The second-order valence-corrected chi connectivity index (χ2v) is 6.00. The minimum Gasteiger partial charge on any atom is -0.404 e. The monoisotopic (exact) mass is 331 g/mol. The highest BCUT2D eigenvalue weighted by molar-refractivity contribution is 7.89. The quantitative estimate of drug-likeness (QED) is 0.806. The third-order valence-corrected chi connectivity index (χ3v) is 4.37. The van der Waals surface area contributed by atoms with E-state index in [0.717, 1.165) is 19.2 Å². The smallest absolute Gasteiger partial charge is 0.404 e. The Labute approximate surface area is 118 Å². The summed E-state index contributed by atoms with van der Waals surface area (Å²) < 4.78 is 78.9. The van der Waals surface area contributed by atoms with Crippen molar-refractivity contribution in [3.8, 4) is 5.75 Å². The summed E-state index contributed by atoms with van der Waals surface area (Å²) in [5, 5.41) is 8.64. The fourth-order valence-electron chi connectivity index (χ4n) is 1.51. The molecule has 1 rings (SSSR count). The first-order valence-corrected chi connectivity index (χ1v) is 7.15. The van der Waals surface area contributed by atoms with Crippen molar-refractivity contribution in [1.29, 1.82) is 0 Å². The van der Waals surface area contributed by atoms with E-state index in [2.05, 4.69) is 4.74 Å². The first-order valence-electron chi connectivity index (χ1n) is 5.71. The molecule has 0 aliphatic rings. The summed E-state index contributed by atoms with van der Waals surface area (Å²) in [5.41, 5.74) is 0. The number of sulfonamides is 1. The number of aliphatic hydroxyl groups is 1. The van der Waals surface area contributed by atoms with Gasteiger partial charge in [-0.25, -0.2) is 17.1 Å². The van der Waals surface area contributed by atoms with Gasteiger partial charge in [0.1, 0.15) is 5.82 Å². The summed E-state index contributed by atoms with van der Waals surface area (Å²) >= 11 is 0. The molecule has 0 atom stereocenters. The van der Waals surface area contributed by atoms with Crippen LogP contribution < -0.4 is 4.74 Å². The average Bonchev–Trinajstić information content (AvgIpc) is 2.33. The van der Waals surface area contributed by atoms with Crippen LogP contribution in [0.3, 0.4) is 0 Å². The van der Waals surface area contributed by atoms with Crippen molar-refractivity contribution in [1.82, 2.24) is 4.31 Å². The maximum absolute atomic E-state index is 13.7. The summed E-state index contributed by atoms with van der Waals surface area (Å²) in [4.78, 5) is -1.19. The van der Waals surface area contributed by atoms with Crippen LogP contribution in [0.2, 0.25) is 0 Å². The number of hydrogen-bond acceptors (Lipinski definition) is 4. The van der Waals surface area contributed by atoms with Crippen LogP contribution >= 0.6 is 0 Å². The number of rotatable bonds is 6. The van der Waals surface area contributed by atoms with E-state index >= 15 is 0 Å². The molecule has 0 aliphatic heterocycles. The van der Waals surface area contributed by atoms with Gasteiger partial charge in [0.15, 0.2) is 10.6 Å². The molecule has 5 nitrogen and oxygen atoms in total. The molecule has 1 N–H and O–H groups in total. The van der Waals surface area contributed by atoms with Crippen molar-refractivity contribution in [3.05, 3.63) is 24.0 Å². The molecule has 0 spiro atoms. The van der Waals surface area contributed by atoms with E-state index in [-0.39, 0.29) is 19.6 Å². The van der Waals surface area contributed by atoms with Gasteiger partial charge in [0, 0.05) is 20.2 Å². The summed E-state index contributed by atoms with van der Waals surface area (Å²) in [6.45, 7) is -0.498. The van der Waals surface area contributed by atoms with Crippen molar-refractivity contribution >= 4 is 10.0 Å². The molecule has 0 fully saturated rings. The van der Waals surface area contributed by atoms with Gasteiger partial charge in [-0.3, -0.25) is 0 Å². The highest BCUT2D eigenvalue weighted by Gasteiger charge is 2.36. The fraction of sp³-hybridized carbons (Fsp3) is 0.455. The van der Waals surface area contributed by atoms with E-state index < -0.39 is 32.8 Å². The largest absolute Gasteiger partial charge is 0.573 e. The molecule has 0 aliphatic carbocycles. The Bertz CT molecular complexity index is 588. The molecule has 0 aromatic heterocycles. The van der Waals surface area contributed by atoms with Crippen LogP contribution in [-0.2, 0) is 10.0 Å². The van der Waals surface area contributed by atoms with Crippen LogP contribution in [0.4, 0.5) is 17.6 Å². The third kappa shape index (κ3) is 4.55. The number of aliphatic hydroxyl groups excluding tert-OH is 1. The van der Waals surface area contributed by atoms with Crippen LogP contribution in [0, 0.1) is 5.82 Å². The van der Waals surface area contributed by atoms with Gasteiger partial charge >= 0.3 is 6.36 Å². The van der Waals surface area contributed by atoms with Crippen LogP contribution in [0.15, 0.2) is 23.1 Å². The second-order valence-electron chi connectivity index (χ2n) is 4.02. The molecule has 0 bridgehead atoms. The fourth-order valence-corrected chi connectivity index (χ4v) is 2.87. The normalized spacial score (nSPS) is 12.7. The Kier molecular flexibility index (Phi) is 5.54. The van der Waals surface area contributed by atoms with Gasteiger partial charge in [0.25, 0.3) is 0 Å². The lowest BCUT2D eigenvalue weighted by Crippen LogP contribution is -2.30. The van der Waals surface area contributed by atoms with Gasteiger partial charge < -0.3 is 9.84 Å². The van der Waals surface area contributed by atoms with E-state index in [0.29, 0.717) is 10.4 Å². The molecule has 120 valence electrons. The summed E-state index contributed by atoms with van der Waals surface area (Å²) in [6.07, 6.45) is -5.10. The Balaban J connectivity index is 3.28. The van der Waals surface area contributed by atoms with Crippen molar-refractivity contribution in [2.75, 3.05) is 20.2 Å². The first kappa shape index (κ1) is 17.7. The van der Waals surface area contributed by atoms with Gasteiger partial charge in [0.05, 0.1) is 0 Å². The van der Waals surface area contributed by atoms with Gasteiger partial charge in [-0.1, -0.05) is 6.07 Å². The van der Waals surface area contributed by atoms with Gasteiger partial charge in [-0.05, 0) is 18.6 Å². The molecule has 0 unspecified atom stereocenters. The minimum atomic E-state index is -5.15. The molecule has 21 heavy (non-hydrogen) atoms. The molecular weight excluding hydrogens is 318 g/mol. The standard InChI is InChI=1S/C11H13F4NO4S/c1-16(6-3-7-17)21(18,19)10-8(12)4-2-5-9(10)20-11(13,14)15/h2,4-5,17H,3,6-7H2,1H3. The zero-order valence-electron chi connectivity index (χ0n) is 10.9. The minimum absolute atomic E-state index is 0.0552. The van der Waals surface area contributed by atoms with Gasteiger partial charge in [-0.2, -0.15) is 0 Å². The maximum Gasteiger partial charge on any atom is 0.573 e. The number of nitrogens with zero attached hydrogens (tertiary/aromatic N) is 1. The lowest BCUT2D eigenvalue weighted by molar-refractivity contribution is -0.275. The van der Waals surface area contributed by atoms with E-state index in [9.17, 15) is 26.0 Å². The third-order valence-electron chi connectivity index (χ3n) is 2.46. The van der Waals surface area contributed by atoms with Gasteiger partial charge in [0.2, 0.25) is 10.0 Å². The predicted octanol–water partition coefficient (Wildman–Crippen LogP) is 1.73. The first-order chi connectivity index (χ1) is 9.59. The maximum atomic E-state index is 13.7. The Morgan fingerprint density at radius 1 is 1.33 bits per heavy atom.